The topological polar surface area (TPSA) is 59.1 Å². The van der Waals surface area contributed by atoms with Gasteiger partial charge in [0.05, 0.1) is 11.6 Å². The number of amidine groups is 1. The van der Waals surface area contributed by atoms with Gasteiger partial charge in [-0.15, -0.1) is 0 Å². The van der Waals surface area contributed by atoms with Crippen molar-refractivity contribution < 1.29 is 4.74 Å². The van der Waals surface area contributed by atoms with Gasteiger partial charge in [-0.05, 0) is 25.1 Å². The van der Waals surface area contributed by atoms with Gasteiger partial charge in [0.2, 0.25) is 0 Å². The van der Waals surface area contributed by atoms with Crippen LogP contribution in [0.25, 0.3) is 0 Å². The molecule has 0 fully saturated rings. The van der Waals surface area contributed by atoms with E-state index in [1.54, 1.807) is 18.2 Å². The van der Waals surface area contributed by atoms with E-state index >= 15 is 0 Å². The zero-order chi connectivity index (χ0) is 9.84. The molecule has 0 aliphatic heterocycles. The first-order valence-electron chi connectivity index (χ1n) is 3.92. The summed E-state index contributed by atoms with van der Waals surface area (Å²) in [7, 11) is 0. The highest BCUT2D eigenvalue weighted by Gasteiger charge is 2.03. The number of nitrogen functional groups attached to an aromatic ring is 1. The summed E-state index contributed by atoms with van der Waals surface area (Å²) < 4.78 is 5.23. The minimum atomic E-state index is 0.00458. The van der Waals surface area contributed by atoms with Crippen LogP contribution < -0.4 is 10.5 Å². The standard InChI is InChI=1S/C9H11ClN2O/c1-2-13-8-4-3-6(9(11)12)5-7(8)10/h3-5H,2H2,1H3,(H3,11,12). The first kappa shape index (κ1) is 9.86. The largest absolute Gasteiger partial charge is 0.492 e. The molecule has 0 saturated carbocycles. The molecule has 3 N–H and O–H groups in total. The van der Waals surface area contributed by atoms with Gasteiger partial charge in [-0.2, -0.15) is 0 Å². The van der Waals surface area contributed by atoms with E-state index in [9.17, 15) is 0 Å². The molecule has 0 atom stereocenters. The molecule has 0 heterocycles. The van der Waals surface area contributed by atoms with E-state index in [0.717, 1.165) is 0 Å². The quantitative estimate of drug-likeness (QED) is 0.577. The third-order valence-electron chi connectivity index (χ3n) is 1.54. The molecule has 0 radical (unpaired) electrons. The Labute approximate surface area is 82.0 Å². The summed E-state index contributed by atoms with van der Waals surface area (Å²) >= 11 is 5.88. The van der Waals surface area contributed by atoms with Gasteiger partial charge < -0.3 is 10.5 Å². The monoisotopic (exact) mass is 198 g/mol. The first-order chi connectivity index (χ1) is 6.15. The Morgan fingerprint density at radius 2 is 2.31 bits per heavy atom. The van der Waals surface area contributed by atoms with Crippen LogP contribution in [0.2, 0.25) is 5.02 Å². The number of halogens is 1. The number of nitrogens with one attached hydrogen (secondary N) is 1. The minimum absolute atomic E-state index is 0.00458. The zero-order valence-corrected chi connectivity index (χ0v) is 8.06. The van der Waals surface area contributed by atoms with Crippen molar-refractivity contribution in [3.05, 3.63) is 28.8 Å². The number of benzene rings is 1. The van der Waals surface area contributed by atoms with Crippen LogP contribution in [0.1, 0.15) is 12.5 Å². The first-order valence-corrected chi connectivity index (χ1v) is 4.29. The van der Waals surface area contributed by atoms with Crippen molar-refractivity contribution in [3.8, 4) is 5.75 Å². The summed E-state index contributed by atoms with van der Waals surface area (Å²) in [6.07, 6.45) is 0. The third-order valence-corrected chi connectivity index (χ3v) is 1.84. The van der Waals surface area contributed by atoms with Crippen molar-refractivity contribution in [1.82, 2.24) is 0 Å². The molecular weight excluding hydrogens is 188 g/mol. The second-order valence-electron chi connectivity index (χ2n) is 2.49. The summed E-state index contributed by atoms with van der Waals surface area (Å²) in [5.41, 5.74) is 5.90. The minimum Gasteiger partial charge on any atom is -0.492 e. The highest BCUT2D eigenvalue weighted by atomic mass is 35.5. The molecule has 1 aromatic carbocycles. The van der Waals surface area contributed by atoms with Gasteiger partial charge in [0.15, 0.2) is 0 Å². The van der Waals surface area contributed by atoms with E-state index in [2.05, 4.69) is 0 Å². The summed E-state index contributed by atoms with van der Waals surface area (Å²) in [5.74, 6) is 0.624. The number of hydrogen-bond donors (Lipinski definition) is 2. The average Bonchev–Trinajstić information content (AvgIpc) is 2.08. The summed E-state index contributed by atoms with van der Waals surface area (Å²) in [6.45, 7) is 2.45. The Morgan fingerprint density at radius 1 is 1.62 bits per heavy atom. The number of hydrogen-bond acceptors (Lipinski definition) is 2. The molecule has 70 valence electrons. The van der Waals surface area contributed by atoms with E-state index in [0.29, 0.717) is 22.9 Å². The lowest BCUT2D eigenvalue weighted by Crippen LogP contribution is -2.10. The van der Waals surface area contributed by atoms with Gasteiger partial charge >= 0.3 is 0 Å². The molecule has 0 aliphatic carbocycles. The molecular formula is C9H11ClN2O. The van der Waals surface area contributed by atoms with Crippen LogP contribution in [-0.2, 0) is 0 Å². The molecule has 4 heteroatoms. The molecule has 1 rings (SSSR count). The molecule has 0 aromatic heterocycles. The zero-order valence-electron chi connectivity index (χ0n) is 7.30. The van der Waals surface area contributed by atoms with Crippen LogP contribution in [0.15, 0.2) is 18.2 Å². The van der Waals surface area contributed by atoms with Crippen molar-refractivity contribution >= 4 is 17.4 Å². The highest BCUT2D eigenvalue weighted by molar-refractivity contribution is 6.32. The molecule has 0 bridgehead atoms. The molecule has 0 saturated heterocycles. The van der Waals surface area contributed by atoms with Gasteiger partial charge in [-0.1, -0.05) is 11.6 Å². The molecule has 0 aliphatic rings. The van der Waals surface area contributed by atoms with Crippen molar-refractivity contribution in [2.75, 3.05) is 6.61 Å². The maximum Gasteiger partial charge on any atom is 0.137 e. The predicted octanol–water partition coefficient (Wildman–Crippen LogP) is 2.02. The van der Waals surface area contributed by atoms with Gasteiger partial charge in [0.1, 0.15) is 11.6 Å². The SMILES string of the molecule is CCOc1ccc(C(=N)N)cc1Cl. The summed E-state index contributed by atoms with van der Waals surface area (Å²) in [4.78, 5) is 0. The Morgan fingerprint density at radius 3 is 2.77 bits per heavy atom. The smallest absolute Gasteiger partial charge is 0.137 e. The fraction of sp³-hybridized carbons (Fsp3) is 0.222. The summed E-state index contributed by atoms with van der Waals surface area (Å²) in [5, 5.41) is 7.66. The maximum atomic E-state index is 7.18. The molecule has 0 amide bonds. The van der Waals surface area contributed by atoms with Gasteiger partial charge in [0, 0.05) is 5.56 Å². The lowest BCUT2D eigenvalue weighted by atomic mass is 10.2. The van der Waals surface area contributed by atoms with E-state index in [1.165, 1.54) is 0 Å². The van der Waals surface area contributed by atoms with E-state index in [-0.39, 0.29) is 5.84 Å². The molecule has 0 spiro atoms. The van der Waals surface area contributed by atoms with Crippen molar-refractivity contribution in [2.45, 2.75) is 6.92 Å². The molecule has 1 aromatic rings. The second kappa shape index (κ2) is 4.14. The Hall–Kier alpha value is -1.22. The fourth-order valence-electron chi connectivity index (χ4n) is 0.941. The fourth-order valence-corrected chi connectivity index (χ4v) is 1.18. The van der Waals surface area contributed by atoms with Crippen LogP contribution in [0.3, 0.4) is 0 Å². The lowest BCUT2D eigenvalue weighted by molar-refractivity contribution is 0.340. The third kappa shape index (κ3) is 2.36. The van der Waals surface area contributed by atoms with Crippen LogP contribution >= 0.6 is 11.6 Å². The second-order valence-corrected chi connectivity index (χ2v) is 2.90. The van der Waals surface area contributed by atoms with E-state index in [4.69, 9.17) is 27.5 Å². The lowest BCUT2D eigenvalue weighted by Gasteiger charge is -2.06. The van der Waals surface area contributed by atoms with Gasteiger partial charge in [-0.25, -0.2) is 0 Å². The van der Waals surface area contributed by atoms with Crippen LogP contribution in [0, 0.1) is 5.41 Å². The van der Waals surface area contributed by atoms with Crippen molar-refractivity contribution in [1.29, 1.82) is 5.41 Å². The van der Waals surface area contributed by atoms with Gasteiger partial charge in [-0.3, -0.25) is 5.41 Å². The van der Waals surface area contributed by atoms with E-state index in [1.807, 2.05) is 6.92 Å². The molecule has 0 unspecified atom stereocenters. The Kier molecular flexibility index (Phi) is 3.14. The van der Waals surface area contributed by atoms with Gasteiger partial charge in [0.25, 0.3) is 0 Å². The van der Waals surface area contributed by atoms with Crippen LogP contribution in [-0.4, -0.2) is 12.4 Å². The summed E-state index contributed by atoms with van der Waals surface area (Å²) in [6, 6.07) is 5.04. The van der Waals surface area contributed by atoms with Crippen LogP contribution in [0.5, 0.6) is 5.75 Å². The average molecular weight is 199 g/mol. The van der Waals surface area contributed by atoms with E-state index < -0.39 is 0 Å². The Bertz CT molecular complexity index is 325. The number of nitrogens with two attached hydrogens (primary N) is 1. The normalized spacial score (nSPS) is 9.69. The maximum absolute atomic E-state index is 7.18. The molecule has 3 nitrogen and oxygen atoms in total. The van der Waals surface area contributed by atoms with Crippen molar-refractivity contribution in [2.24, 2.45) is 5.73 Å². The predicted molar refractivity (Wildman–Crippen MR) is 53.6 cm³/mol. The molecule has 13 heavy (non-hydrogen) atoms. The highest BCUT2D eigenvalue weighted by Crippen LogP contribution is 2.25. The Balaban J connectivity index is 2.98. The number of ether oxygens (including phenoxy) is 1. The number of rotatable bonds is 3. The van der Waals surface area contributed by atoms with Crippen LogP contribution in [0.4, 0.5) is 0 Å². The van der Waals surface area contributed by atoms with Crippen molar-refractivity contribution in [3.63, 3.8) is 0 Å².